The first-order valence-electron chi connectivity index (χ1n) is 9.74. The zero-order valence-corrected chi connectivity index (χ0v) is 17.9. The van der Waals surface area contributed by atoms with Crippen LogP contribution in [0.4, 0.5) is 17.6 Å². The van der Waals surface area contributed by atoms with Crippen molar-refractivity contribution in [1.82, 2.24) is 19.7 Å². The number of benzene rings is 2. The molecular weight excluding hydrogens is 392 g/mol. The molecule has 0 atom stereocenters. The Kier molecular flexibility index (Phi) is 5.44. The zero-order valence-electron chi connectivity index (χ0n) is 17.9. The summed E-state index contributed by atoms with van der Waals surface area (Å²) in [6.45, 7) is 3.99. The lowest BCUT2D eigenvalue weighted by molar-refractivity contribution is 0.355. The Balaban J connectivity index is 1.79. The molecule has 0 radical (unpaired) electrons. The van der Waals surface area contributed by atoms with E-state index in [-0.39, 0.29) is 5.95 Å². The number of rotatable bonds is 6. The lowest BCUT2D eigenvalue weighted by Crippen LogP contribution is -2.06. The van der Waals surface area contributed by atoms with E-state index in [1.165, 1.54) is 0 Å². The van der Waals surface area contributed by atoms with Gasteiger partial charge in [-0.1, -0.05) is 18.2 Å². The number of nitrogens with two attached hydrogens (primary N) is 1. The molecule has 0 bridgehead atoms. The summed E-state index contributed by atoms with van der Waals surface area (Å²) in [5, 5.41) is 8.02. The summed E-state index contributed by atoms with van der Waals surface area (Å²) in [5.74, 6) is 2.76. The molecule has 158 valence electrons. The van der Waals surface area contributed by atoms with Crippen LogP contribution in [0.2, 0.25) is 0 Å². The summed E-state index contributed by atoms with van der Waals surface area (Å²) in [6.07, 6.45) is 1.69. The molecule has 0 fully saturated rings. The van der Waals surface area contributed by atoms with Crippen molar-refractivity contribution in [3.8, 4) is 28.3 Å². The molecule has 4 rings (SSSR count). The van der Waals surface area contributed by atoms with Crippen molar-refractivity contribution < 1.29 is 9.47 Å². The van der Waals surface area contributed by atoms with E-state index in [4.69, 9.17) is 15.2 Å². The van der Waals surface area contributed by atoms with E-state index >= 15 is 0 Å². The van der Waals surface area contributed by atoms with E-state index in [1.807, 2.05) is 61.0 Å². The molecule has 8 nitrogen and oxygen atoms in total. The summed E-state index contributed by atoms with van der Waals surface area (Å²) in [4.78, 5) is 8.63. The van der Waals surface area contributed by atoms with Gasteiger partial charge in [-0.2, -0.15) is 10.1 Å². The summed E-state index contributed by atoms with van der Waals surface area (Å²) in [5.41, 5.74) is 10.5. The van der Waals surface area contributed by atoms with E-state index in [0.29, 0.717) is 17.3 Å². The number of methoxy groups -OCH3 is 2. The Morgan fingerprint density at radius 2 is 1.77 bits per heavy atom. The molecule has 2 aromatic heterocycles. The van der Waals surface area contributed by atoms with E-state index in [9.17, 15) is 0 Å². The largest absolute Gasteiger partial charge is 0.493 e. The van der Waals surface area contributed by atoms with E-state index in [1.54, 1.807) is 20.4 Å². The minimum absolute atomic E-state index is 0.171. The fourth-order valence-electron chi connectivity index (χ4n) is 3.37. The van der Waals surface area contributed by atoms with Crippen LogP contribution in [0.3, 0.4) is 0 Å². The number of hydrogen-bond acceptors (Lipinski definition) is 7. The maximum absolute atomic E-state index is 5.91. The van der Waals surface area contributed by atoms with Crippen molar-refractivity contribution in [3.63, 3.8) is 0 Å². The third-order valence-corrected chi connectivity index (χ3v) is 4.83. The lowest BCUT2D eigenvalue weighted by atomic mass is 10.1. The van der Waals surface area contributed by atoms with Gasteiger partial charge < -0.3 is 20.5 Å². The highest BCUT2D eigenvalue weighted by molar-refractivity contribution is 5.79. The van der Waals surface area contributed by atoms with Gasteiger partial charge in [0.15, 0.2) is 11.5 Å². The van der Waals surface area contributed by atoms with Crippen molar-refractivity contribution in [2.75, 3.05) is 25.3 Å². The maximum Gasteiger partial charge on any atom is 0.221 e. The van der Waals surface area contributed by atoms with Crippen LogP contribution in [0.1, 0.15) is 11.3 Å². The average Bonchev–Trinajstić information content (AvgIpc) is 3.13. The minimum Gasteiger partial charge on any atom is -0.493 e. The molecule has 0 aliphatic rings. The minimum atomic E-state index is 0.171. The molecule has 8 heteroatoms. The summed E-state index contributed by atoms with van der Waals surface area (Å²) < 4.78 is 12.6. The Labute approximate surface area is 180 Å². The highest BCUT2D eigenvalue weighted by Crippen LogP contribution is 2.35. The zero-order chi connectivity index (χ0) is 22.0. The second kappa shape index (κ2) is 8.35. The molecule has 31 heavy (non-hydrogen) atoms. The molecule has 3 N–H and O–H groups in total. The second-order valence-corrected chi connectivity index (χ2v) is 7.11. The van der Waals surface area contributed by atoms with Gasteiger partial charge in [0.25, 0.3) is 0 Å². The summed E-state index contributed by atoms with van der Waals surface area (Å²) >= 11 is 0. The van der Waals surface area contributed by atoms with Crippen LogP contribution in [-0.2, 0) is 0 Å². The van der Waals surface area contributed by atoms with Gasteiger partial charge in [0.05, 0.1) is 25.6 Å². The van der Waals surface area contributed by atoms with Crippen LogP contribution >= 0.6 is 0 Å². The van der Waals surface area contributed by atoms with Gasteiger partial charge in [-0.25, -0.2) is 9.67 Å². The predicted octanol–water partition coefficient (Wildman–Crippen LogP) is 4.29. The third-order valence-electron chi connectivity index (χ3n) is 4.83. The number of nitrogen functional groups attached to an aromatic ring is 1. The lowest BCUT2D eigenvalue weighted by Gasteiger charge is -2.14. The van der Waals surface area contributed by atoms with Crippen LogP contribution in [0.15, 0.2) is 54.7 Å². The van der Waals surface area contributed by atoms with Gasteiger partial charge in [0.1, 0.15) is 11.6 Å². The van der Waals surface area contributed by atoms with Gasteiger partial charge in [-0.15, -0.1) is 0 Å². The highest BCUT2D eigenvalue weighted by Gasteiger charge is 2.15. The number of aromatic nitrogens is 4. The molecule has 0 aliphatic heterocycles. The van der Waals surface area contributed by atoms with Gasteiger partial charge in [0, 0.05) is 17.8 Å². The van der Waals surface area contributed by atoms with Gasteiger partial charge in [0.2, 0.25) is 5.95 Å². The van der Waals surface area contributed by atoms with Crippen LogP contribution in [-0.4, -0.2) is 34.0 Å². The quantitative estimate of drug-likeness (QED) is 0.484. The average molecular weight is 416 g/mol. The number of hydrogen-bond donors (Lipinski definition) is 2. The molecule has 2 heterocycles. The van der Waals surface area contributed by atoms with E-state index < -0.39 is 0 Å². The highest BCUT2D eigenvalue weighted by atomic mass is 16.5. The fraction of sp³-hybridized carbons (Fsp3) is 0.174. The van der Waals surface area contributed by atoms with E-state index in [0.717, 1.165) is 33.9 Å². The predicted molar refractivity (Wildman–Crippen MR) is 121 cm³/mol. The number of ether oxygens (including phenoxy) is 2. The standard InChI is InChI=1S/C23H24N6O2/c1-14-6-5-7-17(10-14)29-21(11-15(2)28-29)26-22-18(13-25-23(24)27-22)16-8-9-19(30-3)20(12-16)31-4/h5-13H,1-4H3,(H3,24,25,26,27). The number of aryl methyl sites for hydroxylation is 2. The molecule has 0 saturated carbocycles. The summed E-state index contributed by atoms with van der Waals surface area (Å²) in [7, 11) is 3.20. The van der Waals surface area contributed by atoms with Gasteiger partial charge in [-0.05, 0) is 49.2 Å². The second-order valence-electron chi connectivity index (χ2n) is 7.11. The van der Waals surface area contributed by atoms with Crippen LogP contribution in [0, 0.1) is 13.8 Å². The first-order valence-corrected chi connectivity index (χ1v) is 9.74. The van der Waals surface area contributed by atoms with Crippen molar-refractivity contribution in [3.05, 3.63) is 66.0 Å². The van der Waals surface area contributed by atoms with Crippen molar-refractivity contribution in [2.45, 2.75) is 13.8 Å². The Bertz CT molecular complexity index is 1230. The first-order chi connectivity index (χ1) is 15.0. The van der Waals surface area contributed by atoms with Crippen molar-refractivity contribution in [2.24, 2.45) is 0 Å². The smallest absolute Gasteiger partial charge is 0.221 e. The van der Waals surface area contributed by atoms with Crippen LogP contribution in [0.5, 0.6) is 11.5 Å². The normalized spacial score (nSPS) is 10.7. The van der Waals surface area contributed by atoms with Gasteiger partial charge in [-0.3, -0.25) is 0 Å². The van der Waals surface area contributed by atoms with Crippen molar-refractivity contribution >= 4 is 17.6 Å². The molecular formula is C23H24N6O2. The molecule has 2 aromatic carbocycles. The molecule has 0 spiro atoms. The molecule has 4 aromatic rings. The third kappa shape index (κ3) is 4.13. The Morgan fingerprint density at radius 1 is 0.968 bits per heavy atom. The SMILES string of the molecule is COc1ccc(-c2cnc(N)nc2Nc2cc(C)nn2-c2cccc(C)c2)cc1OC. The topological polar surface area (TPSA) is 100 Å². The fourth-order valence-corrected chi connectivity index (χ4v) is 3.37. The van der Waals surface area contributed by atoms with Crippen LogP contribution in [0.25, 0.3) is 16.8 Å². The number of nitrogens with zero attached hydrogens (tertiary/aromatic N) is 4. The Hall–Kier alpha value is -4.07. The Morgan fingerprint density at radius 3 is 2.52 bits per heavy atom. The summed E-state index contributed by atoms with van der Waals surface area (Å²) in [6, 6.07) is 15.7. The maximum atomic E-state index is 5.91. The first kappa shape index (κ1) is 20.2. The van der Waals surface area contributed by atoms with Crippen LogP contribution < -0.4 is 20.5 Å². The molecule has 0 aliphatic carbocycles. The van der Waals surface area contributed by atoms with Crippen molar-refractivity contribution in [1.29, 1.82) is 0 Å². The molecule has 0 unspecified atom stereocenters. The number of anilines is 3. The molecule has 0 amide bonds. The molecule has 0 saturated heterocycles. The monoisotopic (exact) mass is 416 g/mol. The van der Waals surface area contributed by atoms with Gasteiger partial charge >= 0.3 is 0 Å². The van der Waals surface area contributed by atoms with E-state index in [2.05, 4.69) is 26.4 Å². The number of nitrogens with one attached hydrogen (secondary N) is 1.